The topological polar surface area (TPSA) is 86.8 Å². The van der Waals surface area contributed by atoms with Crippen LogP contribution in [0.25, 0.3) is 0 Å². The van der Waals surface area contributed by atoms with E-state index in [1.807, 2.05) is 6.07 Å². The molecule has 0 spiro atoms. The molecular formula is C31H34FN3O4S. The summed E-state index contributed by atoms with van der Waals surface area (Å²) >= 11 is 0. The number of aryl methyl sites for hydroxylation is 1. The maximum Gasteiger partial charge on any atom is 0.247 e. The molecule has 1 atom stereocenters. The summed E-state index contributed by atoms with van der Waals surface area (Å²) in [5.74, 6) is -1.00. The molecule has 3 aromatic rings. The van der Waals surface area contributed by atoms with Gasteiger partial charge in [-0.2, -0.15) is 4.31 Å². The number of carbonyl (C=O) groups is 2. The van der Waals surface area contributed by atoms with Crippen molar-refractivity contribution < 1.29 is 22.4 Å². The van der Waals surface area contributed by atoms with Crippen molar-refractivity contribution in [2.75, 3.05) is 19.6 Å². The van der Waals surface area contributed by atoms with Gasteiger partial charge in [-0.3, -0.25) is 9.59 Å². The molecule has 1 heterocycles. The van der Waals surface area contributed by atoms with Crippen LogP contribution in [0.5, 0.6) is 0 Å². The second-order valence-electron chi connectivity index (χ2n) is 9.75. The molecule has 1 saturated heterocycles. The van der Waals surface area contributed by atoms with E-state index in [9.17, 15) is 22.4 Å². The van der Waals surface area contributed by atoms with Gasteiger partial charge in [-0.1, -0.05) is 60.7 Å². The summed E-state index contributed by atoms with van der Waals surface area (Å²) in [5.41, 5.74) is 2.14. The first-order valence-corrected chi connectivity index (χ1v) is 14.8. The quantitative estimate of drug-likeness (QED) is 0.326. The fourth-order valence-electron chi connectivity index (χ4n) is 4.79. The summed E-state index contributed by atoms with van der Waals surface area (Å²) in [6, 6.07) is 20.6. The van der Waals surface area contributed by atoms with Gasteiger partial charge in [0.25, 0.3) is 0 Å². The van der Waals surface area contributed by atoms with Crippen molar-refractivity contribution in [2.24, 2.45) is 0 Å². The highest BCUT2D eigenvalue weighted by molar-refractivity contribution is 7.89. The van der Waals surface area contributed by atoms with Gasteiger partial charge in [0.2, 0.25) is 21.8 Å². The fourth-order valence-corrected chi connectivity index (χ4v) is 6.31. The minimum absolute atomic E-state index is 0.0947. The minimum Gasteiger partial charge on any atom is -0.351 e. The molecule has 1 aliphatic heterocycles. The highest BCUT2D eigenvalue weighted by atomic mass is 32.2. The van der Waals surface area contributed by atoms with Gasteiger partial charge in [-0.25, -0.2) is 12.8 Å². The van der Waals surface area contributed by atoms with Crippen LogP contribution in [0, 0.1) is 5.82 Å². The van der Waals surface area contributed by atoms with Crippen molar-refractivity contribution in [1.82, 2.24) is 14.5 Å². The van der Waals surface area contributed by atoms with Crippen LogP contribution in [0.2, 0.25) is 0 Å². The molecule has 9 heteroatoms. The van der Waals surface area contributed by atoms with Gasteiger partial charge in [0.05, 0.1) is 4.90 Å². The molecule has 0 radical (unpaired) electrons. The predicted octanol–water partition coefficient (Wildman–Crippen LogP) is 4.62. The third-order valence-corrected chi connectivity index (χ3v) is 8.85. The number of benzene rings is 3. The minimum atomic E-state index is -3.52. The highest BCUT2D eigenvalue weighted by Crippen LogP contribution is 2.26. The monoisotopic (exact) mass is 563 g/mol. The lowest BCUT2D eigenvalue weighted by Crippen LogP contribution is -2.43. The summed E-state index contributed by atoms with van der Waals surface area (Å²) in [4.78, 5) is 28.8. The van der Waals surface area contributed by atoms with E-state index < -0.39 is 16.1 Å². The molecule has 3 aromatic carbocycles. The Bertz CT molecular complexity index is 1410. The zero-order valence-corrected chi connectivity index (χ0v) is 23.2. The Morgan fingerprint density at radius 2 is 1.57 bits per heavy atom. The Hall–Kier alpha value is -3.82. The van der Waals surface area contributed by atoms with Gasteiger partial charge >= 0.3 is 0 Å². The average Bonchev–Trinajstić information content (AvgIpc) is 3.53. The van der Waals surface area contributed by atoms with E-state index in [4.69, 9.17) is 0 Å². The lowest BCUT2D eigenvalue weighted by atomic mass is 10.0. The number of nitrogens with zero attached hydrogens (tertiary/aromatic N) is 2. The third-order valence-electron chi connectivity index (χ3n) is 6.94. The van der Waals surface area contributed by atoms with Crippen molar-refractivity contribution in [3.8, 4) is 0 Å². The molecule has 0 aliphatic carbocycles. The molecule has 4 rings (SSSR count). The van der Waals surface area contributed by atoms with E-state index in [-0.39, 0.29) is 42.0 Å². The van der Waals surface area contributed by atoms with Crippen molar-refractivity contribution in [2.45, 2.75) is 43.2 Å². The number of amides is 2. The number of hydrogen-bond acceptors (Lipinski definition) is 4. The summed E-state index contributed by atoms with van der Waals surface area (Å²) in [7, 11) is -3.52. The number of rotatable bonds is 12. The third kappa shape index (κ3) is 7.22. The van der Waals surface area contributed by atoms with Crippen LogP contribution < -0.4 is 5.32 Å². The molecule has 1 fully saturated rings. The maximum atomic E-state index is 13.7. The molecule has 0 bridgehead atoms. The lowest BCUT2D eigenvalue weighted by Gasteiger charge is -2.31. The Balaban J connectivity index is 1.56. The predicted molar refractivity (Wildman–Crippen MR) is 152 cm³/mol. The van der Waals surface area contributed by atoms with Gasteiger partial charge in [0.15, 0.2) is 0 Å². The molecule has 40 heavy (non-hydrogen) atoms. The fraction of sp³-hybridized carbons (Fsp3) is 0.290. The van der Waals surface area contributed by atoms with Gasteiger partial charge in [-0.15, -0.1) is 6.58 Å². The molecule has 7 nitrogen and oxygen atoms in total. The van der Waals surface area contributed by atoms with Crippen LogP contribution in [0.1, 0.15) is 42.0 Å². The normalized spacial score (nSPS) is 14.4. The zero-order chi connectivity index (χ0) is 28.5. The van der Waals surface area contributed by atoms with Gasteiger partial charge in [0, 0.05) is 32.6 Å². The van der Waals surface area contributed by atoms with Gasteiger partial charge in [0.1, 0.15) is 11.9 Å². The van der Waals surface area contributed by atoms with E-state index in [2.05, 4.69) is 11.9 Å². The zero-order valence-electron chi connectivity index (χ0n) is 22.3. The van der Waals surface area contributed by atoms with E-state index in [0.717, 1.165) is 18.4 Å². The summed E-state index contributed by atoms with van der Waals surface area (Å²) in [5, 5.41) is 2.81. The van der Waals surface area contributed by atoms with Gasteiger partial charge < -0.3 is 10.2 Å². The Kier molecular flexibility index (Phi) is 9.84. The van der Waals surface area contributed by atoms with Crippen LogP contribution in [0.4, 0.5) is 4.39 Å². The maximum absolute atomic E-state index is 13.7. The number of hydrogen-bond donors (Lipinski definition) is 1. The standard InChI is InChI=1S/C31H34FN3O4S/c1-2-20-33-31(37)30(26-8-4-3-5-9-26)35(23-25-10-15-27(32)16-11-25)29(36)19-14-24-12-17-28(18-13-24)40(38,39)34-21-6-7-22-34/h2-5,8-13,15-18,30H,1,6-7,14,19-23H2,(H,33,37)/t30-/m0/s1. The van der Waals surface area contributed by atoms with Crippen molar-refractivity contribution in [3.63, 3.8) is 0 Å². The summed E-state index contributed by atoms with van der Waals surface area (Å²) in [6.07, 6.45) is 3.75. The first-order chi connectivity index (χ1) is 19.3. The van der Waals surface area contributed by atoms with Crippen molar-refractivity contribution in [1.29, 1.82) is 0 Å². The van der Waals surface area contributed by atoms with Gasteiger partial charge in [-0.05, 0) is 60.2 Å². The highest BCUT2D eigenvalue weighted by Gasteiger charge is 2.31. The van der Waals surface area contributed by atoms with E-state index in [1.165, 1.54) is 21.3 Å². The number of nitrogens with one attached hydrogen (secondary N) is 1. The Morgan fingerprint density at radius 1 is 0.950 bits per heavy atom. The largest absolute Gasteiger partial charge is 0.351 e. The number of halogens is 1. The SMILES string of the molecule is C=CCNC(=O)[C@H](c1ccccc1)N(Cc1ccc(F)cc1)C(=O)CCc1ccc(S(=O)(=O)N2CCCC2)cc1. The molecule has 0 aromatic heterocycles. The Morgan fingerprint density at radius 3 is 2.20 bits per heavy atom. The molecule has 1 N–H and O–H groups in total. The summed E-state index contributed by atoms with van der Waals surface area (Å²) < 4.78 is 40.8. The summed E-state index contributed by atoms with van der Waals surface area (Å²) in [6.45, 7) is 5.07. The second kappa shape index (κ2) is 13.5. The number of sulfonamides is 1. The first-order valence-electron chi connectivity index (χ1n) is 13.4. The van der Waals surface area contributed by atoms with Crippen LogP contribution in [0.3, 0.4) is 0 Å². The molecular weight excluding hydrogens is 529 g/mol. The van der Waals surface area contributed by atoms with Crippen LogP contribution in [-0.4, -0.2) is 49.1 Å². The van der Waals surface area contributed by atoms with Crippen LogP contribution >= 0.6 is 0 Å². The van der Waals surface area contributed by atoms with Crippen molar-refractivity contribution >= 4 is 21.8 Å². The molecule has 210 valence electrons. The second-order valence-corrected chi connectivity index (χ2v) is 11.7. The molecule has 0 unspecified atom stereocenters. The smallest absolute Gasteiger partial charge is 0.247 e. The lowest BCUT2D eigenvalue weighted by molar-refractivity contribution is -0.141. The molecule has 1 aliphatic rings. The molecule has 2 amide bonds. The van der Waals surface area contributed by atoms with Crippen LogP contribution in [0.15, 0.2) is 96.4 Å². The first kappa shape index (κ1) is 29.2. The molecule has 0 saturated carbocycles. The van der Waals surface area contributed by atoms with Crippen molar-refractivity contribution in [3.05, 3.63) is 114 Å². The number of carbonyl (C=O) groups excluding carboxylic acids is 2. The Labute approximate surface area is 235 Å². The van der Waals surface area contributed by atoms with E-state index >= 15 is 0 Å². The van der Waals surface area contributed by atoms with E-state index in [0.29, 0.717) is 30.6 Å². The average molecular weight is 564 g/mol. The van der Waals surface area contributed by atoms with E-state index in [1.54, 1.807) is 66.7 Å². The van der Waals surface area contributed by atoms with Crippen LogP contribution in [-0.2, 0) is 32.6 Å².